The molecular formula is C15H15FN2O2S. The molecule has 21 heavy (non-hydrogen) atoms. The van der Waals surface area contributed by atoms with Gasteiger partial charge >= 0.3 is 0 Å². The predicted octanol–water partition coefficient (Wildman–Crippen LogP) is 3.57. The van der Waals surface area contributed by atoms with Gasteiger partial charge in [-0.1, -0.05) is 17.3 Å². The van der Waals surface area contributed by atoms with Gasteiger partial charge < -0.3 is 10.2 Å². The van der Waals surface area contributed by atoms with E-state index in [9.17, 15) is 9.18 Å². The third-order valence-corrected chi connectivity index (χ3v) is 3.56. The molecule has 110 valence electrons. The summed E-state index contributed by atoms with van der Waals surface area (Å²) >= 11 is 1.52. The fourth-order valence-corrected chi connectivity index (χ4v) is 2.08. The van der Waals surface area contributed by atoms with Gasteiger partial charge in [0.25, 0.3) is 5.91 Å². The van der Waals surface area contributed by atoms with Gasteiger partial charge in [-0.2, -0.15) is 0 Å². The number of carbonyl (C=O) groups is 1. The van der Waals surface area contributed by atoms with E-state index in [4.69, 9.17) is 4.84 Å². The monoisotopic (exact) mass is 306 g/mol. The van der Waals surface area contributed by atoms with Gasteiger partial charge in [-0.15, -0.1) is 11.3 Å². The zero-order valence-corrected chi connectivity index (χ0v) is 12.5. The van der Waals surface area contributed by atoms with E-state index < -0.39 is 6.10 Å². The Kier molecular flexibility index (Phi) is 5.05. The second-order valence-electron chi connectivity index (χ2n) is 4.45. The van der Waals surface area contributed by atoms with Crippen LogP contribution in [-0.4, -0.2) is 18.2 Å². The van der Waals surface area contributed by atoms with Gasteiger partial charge in [-0.25, -0.2) is 4.39 Å². The summed E-state index contributed by atoms with van der Waals surface area (Å²) in [5.41, 5.74) is 0.915. The normalized spacial score (nSPS) is 12.3. The van der Waals surface area contributed by atoms with Crippen LogP contribution in [0.5, 0.6) is 0 Å². The number of thiophene rings is 1. The fourth-order valence-electron chi connectivity index (χ4n) is 1.50. The van der Waals surface area contributed by atoms with Gasteiger partial charge in [-0.05, 0) is 43.0 Å². The predicted molar refractivity (Wildman–Crippen MR) is 82.2 cm³/mol. The van der Waals surface area contributed by atoms with Gasteiger partial charge in [0, 0.05) is 10.6 Å². The first-order valence-electron chi connectivity index (χ1n) is 6.36. The molecule has 1 aromatic carbocycles. The van der Waals surface area contributed by atoms with Crippen molar-refractivity contribution in [1.82, 2.24) is 0 Å². The first-order valence-corrected chi connectivity index (χ1v) is 7.24. The van der Waals surface area contributed by atoms with Crippen LogP contribution in [-0.2, 0) is 9.63 Å². The lowest BCUT2D eigenvalue weighted by Crippen LogP contribution is -2.26. The molecule has 2 aromatic rings. The minimum atomic E-state index is -0.773. The Labute approximate surface area is 126 Å². The van der Waals surface area contributed by atoms with Crippen LogP contribution < -0.4 is 5.32 Å². The number of hydrogen-bond donors (Lipinski definition) is 1. The third kappa shape index (κ3) is 4.39. The minimum absolute atomic E-state index is 0.364. The Morgan fingerprint density at radius 2 is 2.29 bits per heavy atom. The molecule has 0 bridgehead atoms. The molecule has 1 atom stereocenters. The standard InChI is InChI=1S/C15H15FN2O2S/c1-10-5-6-12(8-14(10)16)18-15(19)11(2)20-17-9-13-4-3-7-21-13/h3-9,11H,1-2H3,(H,18,19)/b17-9+. The lowest BCUT2D eigenvalue weighted by molar-refractivity contribution is -0.126. The maximum atomic E-state index is 13.4. The minimum Gasteiger partial charge on any atom is -0.383 e. The van der Waals surface area contributed by atoms with Crippen LogP contribution in [0, 0.1) is 12.7 Å². The second-order valence-corrected chi connectivity index (χ2v) is 5.43. The van der Waals surface area contributed by atoms with Crippen molar-refractivity contribution in [2.45, 2.75) is 20.0 Å². The van der Waals surface area contributed by atoms with Crippen molar-refractivity contribution in [3.8, 4) is 0 Å². The average Bonchev–Trinajstić information content (AvgIpc) is 2.96. The number of hydrogen-bond acceptors (Lipinski definition) is 4. The highest BCUT2D eigenvalue weighted by atomic mass is 32.1. The highest BCUT2D eigenvalue weighted by Crippen LogP contribution is 2.14. The molecule has 0 aliphatic carbocycles. The molecule has 6 heteroatoms. The van der Waals surface area contributed by atoms with E-state index in [0.29, 0.717) is 11.3 Å². The van der Waals surface area contributed by atoms with Crippen LogP contribution in [0.25, 0.3) is 0 Å². The molecule has 1 aromatic heterocycles. The Balaban J connectivity index is 1.88. The third-order valence-electron chi connectivity index (χ3n) is 2.75. The van der Waals surface area contributed by atoms with E-state index in [1.54, 1.807) is 32.2 Å². The van der Waals surface area contributed by atoms with Crippen molar-refractivity contribution in [3.05, 3.63) is 52.0 Å². The first-order chi connectivity index (χ1) is 10.1. The van der Waals surface area contributed by atoms with Crippen molar-refractivity contribution in [1.29, 1.82) is 0 Å². The number of carbonyl (C=O) groups excluding carboxylic acids is 1. The highest BCUT2D eigenvalue weighted by Gasteiger charge is 2.14. The molecule has 2 rings (SSSR count). The van der Waals surface area contributed by atoms with E-state index in [-0.39, 0.29) is 11.7 Å². The van der Waals surface area contributed by atoms with E-state index >= 15 is 0 Å². The summed E-state index contributed by atoms with van der Waals surface area (Å²) in [6.45, 7) is 3.23. The smallest absolute Gasteiger partial charge is 0.267 e. The molecule has 0 fully saturated rings. The van der Waals surface area contributed by atoms with Crippen molar-refractivity contribution in [2.24, 2.45) is 5.16 Å². The summed E-state index contributed by atoms with van der Waals surface area (Å²) in [6, 6.07) is 8.30. The Morgan fingerprint density at radius 3 is 2.95 bits per heavy atom. The van der Waals surface area contributed by atoms with E-state index in [2.05, 4.69) is 10.5 Å². The number of nitrogens with zero attached hydrogens (tertiary/aromatic N) is 1. The van der Waals surface area contributed by atoms with Crippen LogP contribution in [0.3, 0.4) is 0 Å². The summed E-state index contributed by atoms with van der Waals surface area (Å²) in [6.07, 6.45) is 0.769. The summed E-state index contributed by atoms with van der Waals surface area (Å²) in [7, 11) is 0. The summed E-state index contributed by atoms with van der Waals surface area (Å²) in [4.78, 5) is 17.9. The van der Waals surface area contributed by atoms with Gasteiger partial charge in [-0.3, -0.25) is 4.79 Å². The number of aryl methyl sites for hydroxylation is 1. The number of nitrogens with one attached hydrogen (secondary N) is 1. The average molecular weight is 306 g/mol. The van der Waals surface area contributed by atoms with Crippen LogP contribution >= 0.6 is 11.3 Å². The SMILES string of the molecule is Cc1ccc(NC(=O)C(C)O/N=C/c2cccs2)cc1F. The quantitative estimate of drug-likeness (QED) is 0.678. The van der Waals surface area contributed by atoms with Gasteiger partial charge in [0.15, 0.2) is 0 Å². The van der Waals surface area contributed by atoms with Gasteiger partial charge in [0.1, 0.15) is 5.82 Å². The Morgan fingerprint density at radius 1 is 1.48 bits per heavy atom. The summed E-state index contributed by atoms with van der Waals surface area (Å²) in [5.74, 6) is -0.751. The van der Waals surface area contributed by atoms with Crippen LogP contribution in [0.15, 0.2) is 40.9 Å². The molecular weight excluding hydrogens is 291 g/mol. The van der Waals surface area contributed by atoms with Crippen molar-refractivity contribution >= 4 is 29.1 Å². The summed E-state index contributed by atoms with van der Waals surface area (Å²) < 4.78 is 13.4. The number of halogens is 1. The number of oxime groups is 1. The van der Waals surface area contributed by atoms with Crippen LogP contribution in [0.2, 0.25) is 0 Å². The molecule has 0 radical (unpaired) electrons. The maximum absolute atomic E-state index is 13.4. The van der Waals surface area contributed by atoms with Crippen LogP contribution in [0.1, 0.15) is 17.4 Å². The zero-order chi connectivity index (χ0) is 15.2. The number of anilines is 1. The number of amides is 1. The molecule has 1 heterocycles. The molecule has 0 aliphatic heterocycles. The topological polar surface area (TPSA) is 50.7 Å². The van der Waals surface area contributed by atoms with Crippen molar-refractivity contribution in [3.63, 3.8) is 0 Å². The number of rotatable bonds is 5. The van der Waals surface area contributed by atoms with Crippen molar-refractivity contribution < 1.29 is 14.0 Å². The first kappa shape index (κ1) is 15.2. The molecule has 1 N–H and O–H groups in total. The molecule has 4 nitrogen and oxygen atoms in total. The molecule has 0 saturated heterocycles. The van der Waals surface area contributed by atoms with Gasteiger partial charge in [0.2, 0.25) is 6.10 Å². The number of benzene rings is 1. The second kappa shape index (κ2) is 6.99. The molecule has 1 amide bonds. The summed E-state index contributed by atoms with van der Waals surface area (Å²) in [5, 5.41) is 8.26. The van der Waals surface area contributed by atoms with E-state index in [1.807, 2.05) is 17.5 Å². The lowest BCUT2D eigenvalue weighted by Gasteiger charge is -2.10. The van der Waals surface area contributed by atoms with Gasteiger partial charge in [0.05, 0.1) is 6.21 Å². The van der Waals surface area contributed by atoms with Crippen molar-refractivity contribution in [2.75, 3.05) is 5.32 Å². The molecule has 0 spiro atoms. The Hall–Kier alpha value is -2.21. The van der Waals surface area contributed by atoms with Crippen LogP contribution in [0.4, 0.5) is 10.1 Å². The zero-order valence-electron chi connectivity index (χ0n) is 11.7. The van der Waals surface area contributed by atoms with E-state index in [1.165, 1.54) is 17.4 Å². The lowest BCUT2D eigenvalue weighted by atomic mass is 10.2. The molecule has 0 saturated carbocycles. The van der Waals surface area contributed by atoms with E-state index in [0.717, 1.165) is 4.88 Å². The largest absolute Gasteiger partial charge is 0.383 e. The Bertz CT molecular complexity index is 641. The molecule has 1 unspecified atom stereocenters. The molecule has 0 aliphatic rings. The fraction of sp³-hybridized carbons (Fsp3) is 0.200. The highest BCUT2D eigenvalue weighted by molar-refractivity contribution is 7.11. The maximum Gasteiger partial charge on any atom is 0.267 e.